The van der Waals surface area contributed by atoms with E-state index in [1.807, 2.05) is 26.0 Å². The molecule has 0 unspecified atom stereocenters. The van der Waals surface area contributed by atoms with Crippen molar-refractivity contribution in [3.63, 3.8) is 0 Å². The lowest BCUT2D eigenvalue weighted by Crippen LogP contribution is -2.24. The van der Waals surface area contributed by atoms with Crippen molar-refractivity contribution in [1.82, 2.24) is 5.32 Å². The van der Waals surface area contributed by atoms with Gasteiger partial charge in [0.05, 0.1) is 0 Å². The van der Waals surface area contributed by atoms with Crippen LogP contribution in [0.4, 0.5) is 0 Å². The van der Waals surface area contributed by atoms with Gasteiger partial charge >= 0.3 is 0 Å². The first-order valence-electron chi connectivity index (χ1n) is 5.50. The molecule has 0 aliphatic carbocycles. The zero-order chi connectivity index (χ0) is 11.3. The SMILES string of the molecule is CCCCNC(=O)c1cc(C)cc(C)c1. The van der Waals surface area contributed by atoms with E-state index in [0.717, 1.165) is 36.1 Å². The van der Waals surface area contributed by atoms with Gasteiger partial charge in [-0.2, -0.15) is 0 Å². The molecular formula is C13H19NO. The zero-order valence-corrected chi connectivity index (χ0v) is 9.76. The number of carbonyl (C=O) groups is 1. The van der Waals surface area contributed by atoms with Gasteiger partial charge < -0.3 is 5.32 Å². The van der Waals surface area contributed by atoms with Gasteiger partial charge in [-0.05, 0) is 32.4 Å². The number of hydrogen-bond donors (Lipinski definition) is 1. The van der Waals surface area contributed by atoms with Crippen molar-refractivity contribution in [2.24, 2.45) is 0 Å². The van der Waals surface area contributed by atoms with E-state index in [4.69, 9.17) is 0 Å². The molecule has 0 saturated heterocycles. The van der Waals surface area contributed by atoms with Crippen molar-refractivity contribution in [3.8, 4) is 0 Å². The summed E-state index contributed by atoms with van der Waals surface area (Å²) in [7, 11) is 0. The van der Waals surface area contributed by atoms with Gasteiger partial charge in [-0.1, -0.05) is 30.5 Å². The Morgan fingerprint density at radius 2 is 1.80 bits per heavy atom. The molecule has 1 rings (SSSR count). The van der Waals surface area contributed by atoms with Crippen molar-refractivity contribution >= 4 is 5.91 Å². The van der Waals surface area contributed by atoms with Gasteiger partial charge in [0.2, 0.25) is 0 Å². The Hall–Kier alpha value is -1.31. The maximum Gasteiger partial charge on any atom is 0.251 e. The zero-order valence-electron chi connectivity index (χ0n) is 9.76. The third-order valence-electron chi connectivity index (χ3n) is 2.30. The van der Waals surface area contributed by atoms with Gasteiger partial charge in [0.25, 0.3) is 5.91 Å². The largest absolute Gasteiger partial charge is 0.352 e. The molecule has 0 saturated carbocycles. The average Bonchev–Trinajstić information content (AvgIpc) is 2.16. The standard InChI is InChI=1S/C13H19NO/c1-4-5-6-14-13(15)12-8-10(2)7-11(3)9-12/h7-9H,4-6H2,1-3H3,(H,14,15). The predicted octanol–water partition coefficient (Wildman–Crippen LogP) is 2.83. The Labute approximate surface area is 91.7 Å². The van der Waals surface area contributed by atoms with E-state index >= 15 is 0 Å². The number of aryl methyl sites for hydroxylation is 2. The van der Waals surface area contributed by atoms with E-state index in [2.05, 4.69) is 18.3 Å². The molecule has 0 fully saturated rings. The number of amides is 1. The minimum atomic E-state index is 0.0373. The number of rotatable bonds is 4. The molecule has 15 heavy (non-hydrogen) atoms. The molecule has 0 aromatic heterocycles. The Balaban J connectivity index is 2.65. The summed E-state index contributed by atoms with van der Waals surface area (Å²) in [4.78, 5) is 11.7. The van der Waals surface area contributed by atoms with Crippen LogP contribution in [-0.4, -0.2) is 12.5 Å². The molecule has 1 N–H and O–H groups in total. The van der Waals surface area contributed by atoms with Crippen molar-refractivity contribution < 1.29 is 4.79 Å². The monoisotopic (exact) mass is 205 g/mol. The van der Waals surface area contributed by atoms with E-state index in [1.54, 1.807) is 0 Å². The average molecular weight is 205 g/mol. The highest BCUT2D eigenvalue weighted by Gasteiger charge is 2.05. The van der Waals surface area contributed by atoms with Crippen LogP contribution in [-0.2, 0) is 0 Å². The Bertz CT molecular complexity index is 324. The number of benzene rings is 1. The first-order valence-corrected chi connectivity index (χ1v) is 5.50. The molecule has 0 heterocycles. The second-order valence-electron chi connectivity index (χ2n) is 3.99. The summed E-state index contributed by atoms with van der Waals surface area (Å²) in [6.07, 6.45) is 2.14. The number of carbonyl (C=O) groups excluding carboxylic acids is 1. The lowest BCUT2D eigenvalue weighted by Gasteiger charge is -2.06. The third kappa shape index (κ3) is 3.74. The van der Waals surface area contributed by atoms with Crippen molar-refractivity contribution in [1.29, 1.82) is 0 Å². The van der Waals surface area contributed by atoms with E-state index < -0.39 is 0 Å². The summed E-state index contributed by atoms with van der Waals surface area (Å²) in [5.74, 6) is 0.0373. The van der Waals surface area contributed by atoms with Crippen LogP contribution in [0.1, 0.15) is 41.3 Å². The highest BCUT2D eigenvalue weighted by Crippen LogP contribution is 2.08. The first-order chi connectivity index (χ1) is 7.13. The third-order valence-corrected chi connectivity index (χ3v) is 2.30. The van der Waals surface area contributed by atoms with Crippen LogP contribution in [0.15, 0.2) is 18.2 Å². The molecule has 0 aliphatic heterocycles. The van der Waals surface area contributed by atoms with Gasteiger partial charge in [-0.3, -0.25) is 4.79 Å². The van der Waals surface area contributed by atoms with Crippen molar-refractivity contribution in [2.75, 3.05) is 6.54 Å². The Kier molecular flexibility index (Phi) is 4.35. The van der Waals surface area contributed by atoms with Gasteiger partial charge in [0.15, 0.2) is 0 Å². The van der Waals surface area contributed by atoms with Crippen LogP contribution in [0.2, 0.25) is 0 Å². The van der Waals surface area contributed by atoms with Crippen LogP contribution < -0.4 is 5.32 Å². The lowest BCUT2D eigenvalue weighted by atomic mass is 10.1. The molecule has 1 aromatic rings. The van der Waals surface area contributed by atoms with Gasteiger partial charge in [0, 0.05) is 12.1 Å². The highest BCUT2D eigenvalue weighted by atomic mass is 16.1. The second-order valence-corrected chi connectivity index (χ2v) is 3.99. The normalized spacial score (nSPS) is 10.1. The quantitative estimate of drug-likeness (QED) is 0.752. The van der Waals surface area contributed by atoms with Crippen LogP contribution >= 0.6 is 0 Å². The minimum absolute atomic E-state index is 0.0373. The van der Waals surface area contributed by atoms with Crippen molar-refractivity contribution in [2.45, 2.75) is 33.6 Å². The van der Waals surface area contributed by atoms with E-state index in [-0.39, 0.29) is 5.91 Å². The number of nitrogens with one attached hydrogen (secondary N) is 1. The van der Waals surface area contributed by atoms with Gasteiger partial charge in [0.1, 0.15) is 0 Å². The summed E-state index contributed by atoms with van der Waals surface area (Å²) in [6, 6.07) is 5.92. The van der Waals surface area contributed by atoms with Gasteiger partial charge in [-0.15, -0.1) is 0 Å². The van der Waals surface area contributed by atoms with E-state index in [0.29, 0.717) is 0 Å². The smallest absolute Gasteiger partial charge is 0.251 e. The molecule has 2 nitrogen and oxygen atoms in total. The summed E-state index contributed by atoms with van der Waals surface area (Å²) in [5, 5.41) is 2.92. The van der Waals surface area contributed by atoms with Crippen LogP contribution in [0.3, 0.4) is 0 Å². The van der Waals surface area contributed by atoms with Crippen molar-refractivity contribution in [3.05, 3.63) is 34.9 Å². The summed E-state index contributed by atoms with van der Waals surface area (Å²) < 4.78 is 0. The lowest BCUT2D eigenvalue weighted by molar-refractivity contribution is 0.0953. The fourth-order valence-electron chi connectivity index (χ4n) is 1.59. The molecule has 1 aromatic carbocycles. The van der Waals surface area contributed by atoms with Crippen LogP contribution in [0.25, 0.3) is 0 Å². The summed E-state index contributed by atoms with van der Waals surface area (Å²) in [6.45, 7) is 6.90. The summed E-state index contributed by atoms with van der Waals surface area (Å²) >= 11 is 0. The Morgan fingerprint density at radius 3 is 2.33 bits per heavy atom. The van der Waals surface area contributed by atoms with E-state index in [1.165, 1.54) is 0 Å². The maximum atomic E-state index is 11.7. The second kappa shape index (κ2) is 5.54. The molecule has 1 amide bonds. The van der Waals surface area contributed by atoms with Gasteiger partial charge in [-0.25, -0.2) is 0 Å². The number of hydrogen-bond acceptors (Lipinski definition) is 1. The van der Waals surface area contributed by atoms with Crippen LogP contribution in [0.5, 0.6) is 0 Å². The molecule has 82 valence electrons. The topological polar surface area (TPSA) is 29.1 Å². The number of unbranched alkanes of at least 4 members (excludes halogenated alkanes) is 1. The molecule has 0 spiro atoms. The molecule has 2 heteroatoms. The first kappa shape index (κ1) is 11.8. The predicted molar refractivity (Wildman–Crippen MR) is 63.2 cm³/mol. The molecular weight excluding hydrogens is 186 g/mol. The Morgan fingerprint density at radius 1 is 1.20 bits per heavy atom. The fraction of sp³-hybridized carbons (Fsp3) is 0.462. The fourth-order valence-corrected chi connectivity index (χ4v) is 1.59. The molecule has 0 radical (unpaired) electrons. The molecule has 0 aliphatic rings. The minimum Gasteiger partial charge on any atom is -0.352 e. The highest BCUT2D eigenvalue weighted by molar-refractivity contribution is 5.94. The maximum absolute atomic E-state index is 11.7. The van der Waals surface area contributed by atoms with Crippen LogP contribution in [0, 0.1) is 13.8 Å². The molecule has 0 atom stereocenters. The summed E-state index contributed by atoms with van der Waals surface area (Å²) in [5.41, 5.74) is 3.04. The van der Waals surface area contributed by atoms with E-state index in [9.17, 15) is 4.79 Å². The molecule has 0 bridgehead atoms.